The summed E-state index contributed by atoms with van der Waals surface area (Å²) in [6.45, 7) is 26.8. The summed E-state index contributed by atoms with van der Waals surface area (Å²) in [5.41, 5.74) is 6.92. The van der Waals surface area contributed by atoms with Gasteiger partial charge in [0.1, 0.15) is 6.42 Å². The summed E-state index contributed by atoms with van der Waals surface area (Å²) in [6, 6.07) is 17.3. The smallest absolute Gasteiger partial charge is 0.366 e. The van der Waals surface area contributed by atoms with E-state index in [1.807, 2.05) is 18.2 Å². The Labute approximate surface area is 347 Å². The van der Waals surface area contributed by atoms with E-state index < -0.39 is 7.12 Å². The molecule has 0 aliphatic carbocycles. The first-order valence-corrected chi connectivity index (χ1v) is 19.1. The Kier molecular flexibility index (Phi) is 23.4. The summed E-state index contributed by atoms with van der Waals surface area (Å²) in [6.07, 6.45) is 3.32. The first-order chi connectivity index (χ1) is 25.0. The summed E-state index contributed by atoms with van der Waals surface area (Å²) in [7, 11) is -1.46. The zero-order valence-electron chi connectivity index (χ0n) is 33.7. The predicted molar refractivity (Wildman–Crippen MR) is 218 cm³/mol. The van der Waals surface area contributed by atoms with Gasteiger partial charge in [0.05, 0.1) is 28.5 Å². The average Bonchev–Trinajstić information content (AvgIpc) is 3.86. The zero-order valence-corrected chi connectivity index (χ0v) is 36.8. The van der Waals surface area contributed by atoms with Crippen molar-refractivity contribution in [3.05, 3.63) is 88.9 Å². The molecule has 54 heavy (non-hydrogen) atoms. The molecule has 0 fully saturated rings. The van der Waals surface area contributed by atoms with Crippen LogP contribution in [0.2, 0.25) is 0 Å². The van der Waals surface area contributed by atoms with Crippen molar-refractivity contribution >= 4 is 36.0 Å². The molecule has 0 atom stereocenters. The molecular weight excluding hydrogens is 811 g/mol. The minimum absolute atomic E-state index is 0. The van der Waals surface area contributed by atoms with E-state index in [-0.39, 0.29) is 43.8 Å². The topological polar surface area (TPSA) is 162 Å². The van der Waals surface area contributed by atoms with Gasteiger partial charge in [0.25, 0.3) is 0 Å². The number of nitriles is 3. The van der Waals surface area contributed by atoms with Gasteiger partial charge in [-0.25, -0.2) is 15.3 Å². The van der Waals surface area contributed by atoms with Gasteiger partial charge in [0, 0.05) is 49.9 Å². The number of nitrogens with zero attached hydrogens (tertiary/aromatic N) is 10. The summed E-state index contributed by atoms with van der Waals surface area (Å²) >= 11 is 9.53. The monoisotopic (exact) mass is 865 g/mol. The number of rotatable bonds is 11. The Bertz CT molecular complexity index is 1630. The molecule has 1 N–H and O–H groups in total. The molecule has 0 spiro atoms. The second-order valence-electron chi connectivity index (χ2n) is 14.4. The molecule has 0 radical (unpaired) electrons. The Hall–Kier alpha value is -3.90. The third-order valence-corrected chi connectivity index (χ3v) is 8.19. The van der Waals surface area contributed by atoms with Gasteiger partial charge in [0.15, 0.2) is 0 Å². The second kappa shape index (κ2) is 25.2. The van der Waals surface area contributed by atoms with E-state index in [4.69, 9.17) is 59.7 Å². The van der Waals surface area contributed by atoms with Gasteiger partial charge in [0.2, 0.25) is 5.71 Å². The number of alkyl halides is 2. The largest absolute Gasteiger partial charge is 0.400 e. The molecule has 0 saturated carbocycles. The quantitative estimate of drug-likeness (QED) is 0.0680. The summed E-state index contributed by atoms with van der Waals surface area (Å²) < 4.78 is 6.81. The third-order valence-electron chi connectivity index (χ3n) is 8.19. The number of hydrogen-bond acceptors (Lipinski definition) is 8. The maximum atomic E-state index is 8.16. The Morgan fingerprint density at radius 1 is 0.648 bits per heavy atom. The van der Waals surface area contributed by atoms with Crippen LogP contribution in [0.3, 0.4) is 0 Å². The van der Waals surface area contributed by atoms with Crippen LogP contribution in [0.4, 0.5) is 0 Å². The van der Waals surface area contributed by atoms with E-state index in [2.05, 4.69) is 120 Å². The van der Waals surface area contributed by atoms with Crippen molar-refractivity contribution in [3.8, 4) is 18.2 Å². The van der Waals surface area contributed by atoms with Gasteiger partial charge >= 0.3 is 25.2 Å². The zero-order chi connectivity index (χ0) is 40.4. The van der Waals surface area contributed by atoms with Crippen molar-refractivity contribution in [1.82, 2.24) is 34.1 Å². The molecule has 0 amide bonds. The SMILES string of the molecule is CC(C)c1cc(C(C)C)n([BH-](n2nc(C(C)C)cc2C(C)C)n2nc(C(C)C)cc2C(C)C)n1.ClCCl.N#CCC(=N)[C+](C#N)C#N.[Pd].c1ccncc1. The first-order valence-electron chi connectivity index (χ1n) is 18.0. The van der Waals surface area contributed by atoms with Gasteiger partial charge in [-0.3, -0.25) is 10.4 Å². The van der Waals surface area contributed by atoms with Gasteiger partial charge in [-0.05, 0) is 65.8 Å². The van der Waals surface area contributed by atoms with Crippen molar-refractivity contribution in [2.75, 3.05) is 5.34 Å². The average molecular weight is 867 g/mol. The molecule has 294 valence electrons. The van der Waals surface area contributed by atoms with Crippen LogP contribution in [0.25, 0.3) is 0 Å². The van der Waals surface area contributed by atoms with Crippen LogP contribution in [-0.2, 0) is 20.4 Å². The van der Waals surface area contributed by atoms with Crippen LogP contribution in [0.1, 0.15) is 159 Å². The number of pyridine rings is 1. The molecule has 15 heteroatoms. The Balaban J connectivity index is 0.00000115. The molecule has 4 heterocycles. The van der Waals surface area contributed by atoms with E-state index in [0.29, 0.717) is 35.5 Å². The van der Waals surface area contributed by atoms with Gasteiger partial charge in [-0.2, -0.15) is 5.26 Å². The fourth-order valence-corrected chi connectivity index (χ4v) is 5.30. The number of nitrogens with one attached hydrogen (secondary N) is 1. The number of hydrogen-bond donors (Lipinski definition) is 1. The van der Waals surface area contributed by atoms with E-state index in [9.17, 15) is 0 Å². The van der Waals surface area contributed by atoms with Crippen molar-refractivity contribution in [2.45, 2.75) is 125 Å². The number of halogens is 2. The Morgan fingerprint density at radius 2 is 0.963 bits per heavy atom. The maximum absolute atomic E-state index is 8.16. The molecule has 0 aliphatic heterocycles. The third kappa shape index (κ3) is 14.7. The van der Waals surface area contributed by atoms with Gasteiger partial charge in [-0.1, -0.05) is 89.2 Å². The molecule has 4 aromatic heterocycles. The van der Waals surface area contributed by atoms with E-state index in [0.717, 1.165) is 17.1 Å². The minimum Gasteiger partial charge on any atom is -0.400 e. The molecule has 0 bridgehead atoms. The molecule has 0 unspecified atom stereocenters. The van der Waals surface area contributed by atoms with Crippen LogP contribution in [0.5, 0.6) is 0 Å². The second-order valence-corrected chi connectivity index (χ2v) is 15.2. The fraction of sp³-hybridized carbons (Fsp3) is 0.513. The summed E-state index contributed by atoms with van der Waals surface area (Å²) in [4.78, 5) is 3.78. The molecule has 4 aromatic rings. The van der Waals surface area contributed by atoms with Crippen LogP contribution >= 0.6 is 23.2 Å². The van der Waals surface area contributed by atoms with Crippen molar-refractivity contribution in [1.29, 1.82) is 21.2 Å². The van der Waals surface area contributed by atoms with E-state index >= 15 is 0 Å². The Morgan fingerprint density at radius 3 is 1.15 bits per heavy atom. The maximum Gasteiger partial charge on any atom is 0.366 e. The molecule has 0 aromatic carbocycles. The fourth-order valence-electron chi connectivity index (χ4n) is 5.30. The van der Waals surface area contributed by atoms with Crippen molar-refractivity contribution < 1.29 is 20.4 Å². The predicted octanol–water partition coefficient (Wildman–Crippen LogP) is 9.72. The van der Waals surface area contributed by atoms with Crippen molar-refractivity contribution in [3.63, 3.8) is 0 Å². The van der Waals surface area contributed by atoms with Crippen LogP contribution < -0.4 is 0 Å². The molecule has 0 aliphatic rings. The molecule has 0 saturated heterocycles. The molecule has 11 nitrogen and oxygen atoms in total. The van der Waals surface area contributed by atoms with E-state index in [1.165, 1.54) is 29.2 Å². The summed E-state index contributed by atoms with van der Waals surface area (Å²) in [5.74, 6) is 1.84. The molecular formula is C39H56BCl2N11Pd. The van der Waals surface area contributed by atoms with Gasteiger partial charge in [-0.15, -0.1) is 33.7 Å². The standard InChI is InChI=1S/C27H46BN6.C6H3N4.C5H5N.CH2Cl2.Pd/c1-16(2)22-13-25(19(7)8)32(29-22)28(33-26(20(9)10)14-23(30-33)17(3)4)34-27(21(11)12)15-24(31-34)18(5)6;7-2-1-6(10)5(3-8)4-9;1-2-4-6-5-3-1;2-1-3;/h13-21,28H,1-12H3;10H,1H2;1-5H;1H2;/q-1;+1;;;. The van der Waals surface area contributed by atoms with Crippen LogP contribution in [0.15, 0.2) is 48.8 Å². The van der Waals surface area contributed by atoms with Gasteiger partial charge < -0.3 is 13.8 Å². The van der Waals surface area contributed by atoms with Crippen LogP contribution in [0, 0.1) is 45.3 Å². The van der Waals surface area contributed by atoms with E-state index in [1.54, 1.807) is 18.5 Å². The minimum atomic E-state index is -1.46. The summed E-state index contributed by atoms with van der Waals surface area (Å²) in [5, 5.41) is 47.2. The van der Waals surface area contributed by atoms with Crippen LogP contribution in [-0.4, -0.2) is 52.2 Å². The first kappa shape index (κ1) is 50.1. The normalized spacial score (nSPS) is 10.5. The molecule has 4 rings (SSSR count). The van der Waals surface area contributed by atoms with Crippen molar-refractivity contribution in [2.24, 2.45) is 0 Å². The number of aromatic nitrogens is 7.